The van der Waals surface area contributed by atoms with E-state index in [1.165, 1.54) is 13.8 Å². The van der Waals surface area contributed by atoms with Crippen molar-refractivity contribution >= 4 is 23.7 Å². The zero-order valence-corrected chi connectivity index (χ0v) is 16.1. The van der Waals surface area contributed by atoms with Crippen molar-refractivity contribution in [2.75, 3.05) is 13.2 Å². The van der Waals surface area contributed by atoms with Crippen molar-refractivity contribution in [1.29, 1.82) is 0 Å². The molecule has 28 heavy (non-hydrogen) atoms. The number of unbranched alkanes of at least 4 members (excludes halogenated alkanes) is 1. The number of hydrogen-bond donors (Lipinski definition) is 8. The molecule has 0 bridgehead atoms. The normalized spacial score (nSPS) is 16.2. The van der Waals surface area contributed by atoms with E-state index in [1.54, 1.807) is 0 Å². The Hall–Kier alpha value is -2.28. The number of aliphatic hydroxyl groups is 2. The summed E-state index contributed by atoms with van der Waals surface area (Å²) in [5.41, 5.74) is 10.8. The zero-order valence-electron chi connectivity index (χ0n) is 16.1. The summed E-state index contributed by atoms with van der Waals surface area (Å²) >= 11 is 0. The summed E-state index contributed by atoms with van der Waals surface area (Å²) in [6.07, 6.45) is 0.139. The number of amides is 3. The Morgan fingerprint density at radius 2 is 1.50 bits per heavy atom. The molecule has 0 aliphatic carbocycles. The van der Waals surface area contributed by atoms with Crippen LogP contribution in [0.25, 0.3) is 0 Å². The Morgan fingerprint density at radius 3 is 1.96 bits per heavy atom. The maximum absolute atomic E-state index is 12.1. The van der Waals surface area contributed by atoms with Gasteiger partial charge in [0.1, 0.15) is 24.2 Å². The van der Waals surface area contributed by atoms with Crippen LogP contribution in [0.4, 0.5) is 0 Å². The van der Waals surface area contributed by atoms with Gasteiger partial charge in [0.25, 0.3) is 0 Å². The van der Waals surface area contributed by atoms with Crippen LogP contribution in [0.2, 0.25) is 0 Å². The molecule has 0 aliphatic rings. The van der Waals surface area contributed by atoms with Gasteiger partial charge in [0, 0.05) is 0 Å². The van der Waals surface area contributed by atoms with Gasteiger partial charge < -0.3 is 42.7 Å². The van der Waals surface area contributed by atoms with Crippen LogP contribution in [-0.2, 0) is 19.2 Å². The summed E-state index contributed by atoms with van der Waals surface area (Å²) in [5.74, 6) is -3.67. The van der Waals surface area contributed by atoms with E-state index in [2.05, 4.69) is 16.0 Å². The molecule has 0 aromatic carbocycles. The summed E-state index contributed by atoms with van der Waals surface area (Å²) in [7, 11) is 0. The van der Waals surface area contributed by atoms with Crippen LogP contribution in [0.15, 0.2) is 0 Å². The lowest BCUT2D eigenvalue weighted by Gasteiger charge is -2.23. The Bertz CT molecular complexity index is 543. The first-order chi connectivity index (χ1) is 13.0. The Labute approximate surface area is 163 Å². The van der Waals surface area contributed by atoms with Crippen LogP contribution in [0, 0.1) is 0 Å². The van der Waals surface area contributed by atoms with E-state index in [-0.39, 0.29) is 6.42 Å². The smallest absolute Gasteiger partial charge is 0.326 e. The van der Waals surface area contributed by atoms with Crippen LogP contribution >= 0.6 is 0 Å². The van der Waals surface area contributed by atoms with Gasteiger partial charge >= 0.3 is 5.97 Å². The lowest BCUT2D eigenvalue weighted by atomic mass is 10.1. The molecule has 0 radical (unpaired) electrons. The summed E-state index contributed by atoms with van der Waals surface area (Å²) in [6.45, 7) is 2.25. The lowest BCUT2D eigenvalue weighted by molar-refractivity contribution is -0.142. The third kappa shape index (κ3) is 9.08. The number of nitrogens with one attached hydrogen (secondary N) is 3. The average Bonchev–Trinajstić information content (AvgIpc) is 2.63. The number of aliphatic carboxylic acids is 1. The number of carbonyl (C=O) groups excluding carboxylic acids is 3. The largest absolute Gasteiger partial charge is 0.480 e. The van der Waals surface area contributed by atoms with Crippen molar-refractivity contribution in [2.24, 2.45) is 11.5 Å². The van der Waals surface area contributed by atoms with Gasteiger partial charge in [0.05, 0.1) is 12.7 Å². The van der Waals surface area contributed by atoms with Crippen molar-refractivity contribution in [3.63, 3.8) is 0 Å². The van der Waals surface area contributed by atoms with Gasteiger partial charge in [0.15, 0.2) is 0 Å². The van der Waals surface area contributed by atoms with E-state index in [1.807, 2.05) is 0 Å². The molecule has 0 heterocycles. The van der Waals surface area contributed by atoms with Gasteiger partial charge in [-0.15, -0.1) is 0 Å². The van der Waals surface area contributed by atoms with Crippen LogP contribution in [0.3, 0.4) is 0 Å². The number of aliphatic hydroxyl groups excluding tert-OH is 2. The third-order valence-electron chi connectivity index (χ3n) is 3.95. The second-order valence-electron chi connectivity index (χ2n) is 6.42. The van der Waals surface area contributed by atoms with E-state index in [9.17, 15) is 29.4 Å². The topological polar surface area (TPSA) is 217 Å². The highest BCUT2D eigenvalue weighted by atomic mass is 16.4. The average molecular weight is 405 g/mol. The minimum atomic E-state index is -1.40. The molecular weight excluding hydrogens is 374 g/mol. The summed E-state index contributed by atoms with van der Waals surface area (Å²) in [6, 6.07) is -4.95. The standard InChI is InChI=1S/C16H31N5O7/c1-8(13(24)20-10(16(27)28)5-3-4-6-17)19-14(25)11(7-22)21-15(26)12(18)9(2)23/h8-12,22-23H,3-7,17-18H2,1-2H3,(H,19,25)(H,20,24)(H,21,26)(H,27,28). The minimum absolute atomic E-state index is 0.186. The molecule has 0 saturated carbocycles. The van der Waals surface area contributed by atoms with Crippen molar-refractivity contribution in [3.05, 3.63) is 0 Å². The molecule has 12 heteroatoms. The molecular formula is C16H31N5O7. The number of carbonyl (C=O) groups is 4. The highest BCUT2D eigenvalue weighted by molar-refractivity contribution is 5.94. The van der Waals surface area contributed by atoms with Crippen molar-refractivity contribution in [2.45, 2.75) is 63.4 Å². The summed E-state index contributed by atoms with van der Waals surface area (Å²) in [5, 5.41) is 34.5. The minimum Gasteiger partial charge on any atom is -0.480 e. The highest BCUT2D eigenvalue weighted by Crippen LogP contribution is 2.02. The third-order valence-corrected chi connectivity index (χ3v) is 3.95. The number of carboxylic acids is 1. The van der Waals surface area contributed by atoms with Gasteiger partial charge in [-0.05, 0) is 39.7 Å². The molecule has 0 rings (SSSR count). The van der Waals surface area contributed by atoms with Crippen LogP contribution in [0.1, 0.15) is 33.1 Å². The van der Waals surface area contributed by atoms with Crippen LogP contribution in [-0.4, -0.2) is 82.4 Å². The van der Waals surface area contributed by atoms with E-state index >= 15 is 0 Å². The van der Waals surface area contributed by atoms with Crippen molar-refractivity contribution in [3.8, 4) is 0 Å². The van der Waals surface area contributed by atoms with Crippen molar-refractivity contribution < 1.29 is 34.5 Å². The summed E-state index contributed by atoms with van der Waals surface area (Å²) < 4.78 is 0. The summed E-state index contributed by atoms with van der Waals surface area (Å²) in [4.78, 5) is 47.3. The highest BCUT2D eigenvalue weighted by Gasteiger charge is 2.28. The van der Waals surface area contributed by atoms with E-state index in [4.69, 9.17) is 16.6 Å². The molecule has 10 N–H and O–H groups in total. The number of carboxylic acid groups (broad SMARTS) is 1. The molecule has 0 fully saturated rings. The molecule has 0 aromatic heterocycles. The predicted octanol–water partition coefficient (Wildman–Crippen LogP) is -3.63. The van der Waals surface area contributed by atoms with E-state index in [0.717, 1.165) is 0 Å². The SMILES string of the molecule is CC(NC(=O)C(CO)NC(=O)C(N)C(C)O)C(=O)NC(CCCCN)C(=O)O. The first-order valence-electron chi connectivity index (χ1n) is 8.93. The first kappa shape index (κ1) is 25.7. The van der Waals surface area contributed by atoms with Crippen LogP contribution in [0.5, 0.6) is 0 Å². The fraction of sp³-hybridized carbons (Fsp3) is 0.750. The molecule has 0 aromatic rings. The molecule has 0 saturated heterocycles. The molecule has 0 spiro atoms. The Balaban J connectivity index is 4.76. The lowest BCUT2D eigenvalue weighted by Crippen LogP contribution is -2.58. The molecule has 162 valence electrons. The van der Waals surface area contributed by atoms with Gasteiger partial charge in [-0.25, -0.2) is 4.79 Å². The Morgan fingerprint density at radius 1 is 0.929 bits per heavy atom. The van der Waals surface area contributed by atoms with Gasteiger partial charge in [-0.1, -0.05) is 0 Å². The maximum atomic E-state index is 12.1. The molecule has 5 unspecified atom stereocenters. The molecule has 5 atom stereocenters. The van der Waals surface area contributed by atoms with Gasteiger partial charge in [-0.3, -0.25) is 14.4 Å². The Kier molecular flexibility index (Phi) is 11.9. The second kappa shape index (κ2) is 13.0. The van der Waals surface area contributed by atoms with E-state index in [0.29, 0.717) is 19.4 Å². The van der Waals surface area contributed by atoms with E-state index < -0.39 is 60.6 Å². The maximum Gasteiger partial charge on any atom is 0.326 e. The van der Waals surface area contributed by atoms with Crippen LogP contribution < -0.4 is 27.4 Å². The fourth-order valence-electron chi connectivity index (χ4n) is 2.11. The monoisotopic (exact) mass is 405 g/mol. The zero-order chi connectivity index (χ0) is 21.9. The second-order valence-corrected chi connectivity index (χ2v) is 6.42. The molecule has 3 amide bonds. The molecule has 0 aliphatic heterocycles. The van der Waals surface area contributed by atoms with Gasteiger partial charge in [-0.2, -0.15) is 0 Å². The van der Waals surface area contributed by atoms with Crippen molar-refractivity contribution in [1.82, 2.24) is 16.0 Å². The number of nitrogens with two attached hydrogens (primary N) is 2. The number of rotatable bonds is 13. The number of hydrogen-bond acceptors (Lipinski definition) is 8. The predicted molar refractivity (Wildman–Crippen MR) is 98.7 cm³/mol. The fourth-order valence-corrected chi connectivity index (χ4v) is 2.11. The van der Waals surface area contributed by atoms with Gasteiger partial charge in [0.2, 0.25) is 17.7 Å². The first-order valence-corrected chi connectivity index (χ1v) is 8.93. The molecule has 12 nitrogen and oxygen atoms in total. The quantitative estimate of drug-likeness (QED) is 0.142.